The number of hydrogen-bond acceptors (Lipinski definition) is 0. The van der Waals surface area contributed by atoms with Crippen LogP contribution < -0.4 is 0 Å². The molecular formula is C18H18. The van der Waals surface area contributed by atoms with Crippen LogP contribution in [0.1, 0.15) is 26.7 Å². The molecule has 0 saturated heterocycles. The molecule has 2 unspecified atom stereocenters. The average Bonchev–Trinajstić information content (AvgIpc) is 2.43. The van der Waals surface area contributed by atoms with Crippen LogP contribution in [0, 0.1) is 11.8 Å². The maximum Gasteiger partial charge on any atom is 0.0310 e. The highest BCUT2D eigenvalue weighted by atomic mass is 14.4. The summed E-state index contributed by atoms with van der Waals surface area (Å²) < 4.78 is 0. The summed E-state index contributed by atoms with van der Waals surface area (Å²) in [6, 6.07) is 0. The standard InChI is InChI=1S/C18H18/c1-11-12(2)16-8-4-6-14-10-9-13-5-3-7-15(11)17(13)18(14)16/h3-5,7-9,14,17H,6,10H2,1-2H3. The van der Waals surface area contributed by atoms with Crippen molar-refractivity contribution in [3.63, 3.8) is 0 Å². The fourth-order valence-electron chi connectivity index (χ4n) is 3.96. The number of rotatable bonds is 0. The molecule has 0 heteroatoms. The summed E-state index contributed by atoms with van der Waals surface area (Å²) in [4.78, 5) is 0. The predicted octanol–water partition coefficient (Wildman–Crippen LogP) is 4.65. The second-order valence-electron chi connectivity index (χ2n) is 5.81. The zero-order valence-corrected chi connectivity index (χ0v) is 11.0. The van der Waals surface area contributed by atoms with Crippen LogP contribution in [0.5, 0.6) is 0 Å². The van der Waals surface area contributed by atoms with Gasteiger partial charge in [-0.15, -0.1) is 0 Å². The van der Waals surface area contributed by atoms with E-state index in [0.29, 0.717) is 5.92 Å². The molecule has 0 saturated carbocycles. The van der Waals surface area contributed by atoms with Crippen molar-refractivity contribution in [2.24, 2.45) is 11.8 Å². The van der Waals surface area contributed by atoms with E-state index in [9.17, 15) is 0 Å². The van der Waals surface area contributed by atoms with Gasteiger partial charge < -0.3 is 0 Å². The van der Waals surface area contributed by atoms with E-state index >= 15 is 0 Å². The van der Waals surface area contributed by atoms with E-state index < -0.39 is 0 Å². The fourth-order valence-corrected chi connectivity index (χ4v) is 3.96. The summed E-state index contributed by atoms with van der Waals surface area (Å²) in [6.45, 7) is 4.57. The maximum atomic E-state index is 2.47. The van der Waals surface area contributed by atoms with Crippen LogP contribution >= 0.6 is 0 Å². The number of hydrogen-bond donors (Lipinski definition) is 0. The monoisotopic (exact) mass is 234 g/mol. The molecule has 0 amide bonds. The average molecular weight is 234 g/mol. The van der Waals surface area contributed by atoms with E-state index in [1.54, 1.807) is 11.1 Å². The first kappa shape index (κ1) is 10.4. The molecule has 0 fully saturated rings. The molecule has 0 bridgehead atoms. The van der Waals surface area contributed by atoms with Gasteiger partial charge in [-0.25, -0.2) is 0 Å². The molecule has 0 radical (unpaired) electrons. The lowest BCUT2D eigenvalue weighted by Gasteiger charge is -2.42. The van der Waals surface area contributed by atoms with Crippen molar-refractivity contribution in [1.29, 1.82) is 0 Å². The highest BCUT2D eigenvalue weighted by Crippen LogP contribution is 2.52. The van der Waals surface area contributed by atoms with Gasteiger partial charge in [0.1, 0.15) is 0 Å². The third kappa shape index (κ3) is 1.16. The summed E-state index contributed by atoms with van der Waals surface area (Å²) in [5, 5.41) is 0. The van der Waals surface area contributed by atoms with E-state index in [2.05, 4.69) is 50.3 Å². The SMILES string of the molecule is CC1=C(C)C2=C3C(CC=C2)CC=C2C=CC=C1C23. The first-order chi connectivity index (χ1) is 8.77. The Kier molecular flexibility index (Phi) is 2.00. The van der Waals surface area contributed by atoms with Gasteiger partial charge in [-0.05, 0) is 66.0 Å². The second kappa shape index (κ2) is 3.47. The van der Waals surface area contributed by atoms with Crippen molar-refractivity contribution < 1.29 is 0 Å². The fraction of sp³-hybridized carbons (Fsp3) is 0.333. The van der Waals surface area contributed by atoms with Crippen molar-refractivity contribution in [1.82, 2.24) is 0 Å². The summed E-state index contributed by atoms with van der Waals surface area (Å²) >= 11 is 0. The van der Waals surface area contributed by atoms with Crippen molar-refractivity contribution >= 4 is 0 Å². The van der Waals surface area contributed by atoms with Gasteiger partial charge in [0, 0.05) is 5.92 Å². The van der Waals surface area contributed by atoms with E-state index in [4.69, 9.17) is 0 Å². The minimum Gasteiger partial charge on any atom is -0.0833 e. The van der Waals surface area contributed by atoms with Gasteiger partial charge in [0.05, 0.1) is 0 Å². The summed E-state index contributed by atoms with van der Waals surface area (Å²) in [5.74, 6) is 1.31. The van der Waals surface area contributed by atoms with Crippen LogP contribution in [0.3, 0.4) is 0 Å². The van der Waals surface area contributed by atoms with Crippen LogP contribution in [-0.2, 0) is 0 Å². The van der Waals surface area contributed by atoms with Crippen LogP contribution in [0.4, 0.5) is 0 Å². The van der Waals surface area contributed by atoms with Gasteiger partial charge in [-0.2, -0.15) is 0 Å². The molecule has 0 aromatic carbocycles. The molecule has 0 spiro atoms. The molecule has 90 valence electrons. The molecule has 18 heavy (non-hydrogen) atoms. The Morgan fingerprint density at radius 2 is 1.94 bits per heavy atom. The molecule has 4 rings (SSSR count). The van der Waals surface area contributed by atoms with Crippen molar-refractivity contribution in [3.8, 4) is 0 Å². The Morgan fingerprint density at radius 3 is 2.83 bits per heavy atom. The summed E-state index contributed by atoms with van der Waals surface area (Å²) in [6.07, 6.45) is 16.5. The largest absolute Gasteiger partial charge is 0.0833 e. The molecule has 0 nitrogen and oxygen atoms in total. The normalized spacial score (nSPS) is 32.3. The molecule has 4 aliphatic carbocycles. The van der Waals surface area contributed by atoms with Gasteiger partial charge in [0.2, 0.25) is 0 Å². The molecule has 0 aromatic rings. The van der Waals surface area contributed by atoms with Gasteiger partial charge >= 0.3 is 0 Å². The van der Waals surface area contributed by atoms with Crippen LogP contribution in [0.25, 0.3) is 0 Å². The molecule has 0 aliphatic heterocycles. The lowest BCUT2D eigenvalue weighted by molar-refractivity contribution is 0.534. The van der Waals surface area contributed by atoms with Crippen molar-refractivity contribution in [2.75, 3.05) is 0 Å². The second-order valence-corrected chi connectivity index (χ2v) is 5.81. The summed E-state index contributed by atoms with van der Waals surface area (Å²) in [5.41, 5.74) is 9.28. The van der Waals surface area contributed by atoms with Crippen LogP contribution in [0.15, 0.2) is 69.9 Å². The van der Waals surface area contributed by atoms with Gasteiger partial charge in [0.15, 0.2) is 0 Å². The van der Waals surface area contributed by atoms with E-state index in [1.807, 2.05) is 0 Å². The highest BCUT2D eigenvalue weighted by Gasteiger charge is 2.38. The Morgan fingerprint density at radius 1 is 1.06 bits per heavy atom. The minimum atomic E-state index is 0.567. The van der Waals surface area contributed by atoms with Gasteiger partial charge in [0.25, 0.3) is 0 Å². The molecule has 2 atom stereocenters. The quantitative estimate of drug-likeness (QED) is 0.572. The Labute approximate surface area is 109 Å². The Balaban J connectivity index is 2.05. The lowest BCUT2D eigenvalue weighted by Crippen LogP contribution is -2.28. The van der Waals surface area contributed by atoms with Crippen LogP contribution in [-0.4, -0.2) is 0 Å². The molecule has 4 aliphatic rings. The third-order valence-corrected chi connectivity index (χ3v) is 5.01. The van der Waals surface area contributed by atoms with Gasteiger partial charge in [-0.1, -0.05) is 36.5 Å². The minimum absolute atomic E-state index is 0.567. The first-order valence-electron chi connectivity index (χ1n) is 6.94. The Bertz CT molecular complexity index is 614. The van der Waals surface area contributed by atoms with Gasteiger partial charge in [-0.3, -0.25) is 0 Å². The predicted molar refractivity (Wildman–Crippen MR) is 76.1 cm³/mol. The molecule has 0 heterocycles. The topological polar surface area (TPSA) is 0 Å². The first-order valence-corrected chi connectivity index (χ1v) is 6.94. The van der Waals surface area contributed by atoms with Crippen molar-refractivity contribution in [3.05, 3.63) is 69.9 Å². The van der Waals surface area contributed by atoms with Crippen LogP contribution in [0.2, 0.25) is 0 Å². The van der Waals surface area contributed by atoms with E-state index in [-0.39, 0.29) is 0 Å². The summed E-state index contributed by atoms with van der Waals surface area (Å²) in [7, 11) is 0. The zero-order chi connectivity index (χ0) is 12.3. The Hall–Kier alpha value is -1.56. The highest BCUT2D eigenvalue weighted by molar-refractivity contribution is 5.65. The van der Waals surface area contributed by atoms with E-state index in [0.717, 1.165) is 5.92 Å². The molecular weight excluding hydrogens is 216 g/mol. The lowest BCUT2D eigenvalue weighted by atomic mass is 9.62. The van der Waals surface area contributed by atoms with E-state index in [1.165, 1.54) is 35.1 Å². The smallest absolute Gasteiger partial charge is 0.0310 e. The zero-order valence-electron chi connectivity index (χ0n) is 11.0. The molecule has 0 aromatic heterocycles. The third-order valence-electron chi connectivity index (χ3n) is 5.01. The van der Waals surface area contributed by atoms with Crippen molar-refractivity contribution in [2.45, 2.75) is 26.7 Å². The maximum absolute atomic E-state index is 2.47. The number of allylic oxidation sites excluding steroid dienone is 12. The molecule has 0 N–H and O–H groups in total.